The van der Waals surface area contributed by atoms with Crippen molar-refractivity contribution in [2.75, 3.05) is 13.2 Å². The molecule has 116 valence electrons. The summed E-state index contributed by atoms with van der Waals surface area (Å²) in [5.41, 5.74) is 3.58. The van der Waals surface area contributed by atoms with Crippen molar-refractivity contribution in [3.63, 3.8) is 0 Å². The van der Waals surface area contributed by atoms with Crippen molar-refractivity contribution in [2.24, 2.45) is 0 Å². The fourth-order valence-electron chi connectivity index (χ4n) is 3.25. The first kappa shape index (κ1) is 14.1. The van der Waals surface area contributed by atoms with E-state index < -0.39 is 0 Å². The Morgan fingerprint density at radius 2 is 1.43 bits per heavy atom. The van der Waals surface area contributed by atoms with Gasteiger partial charge >= 0.3 is 0 Å². The Bertz CT molecular complexity index is 852. The molecule has 2 heteroatoms. The van der Waals surface area contributed by atoms with Crippen molar-refractivity contribution in [2.45, 2.75) is 19.8 Å². The molecule has 0 saturated heterocycles. The predicted molar refractivity (Wildman–Crippen MR) is 94.3 cm³/mol. The Kier molecular flexibility index (Phi) is 3.66. The van der Waals surface area contributed by atoms with E-state index in [1.54, 1.807) is 0 Å². The van der Waals surface area contributed by atoms with Crippen LogP contribution in [0.1, 0.15) is 18.4 Å². The molecule has 0 N–H and O–H groups in total. The molecule has 0 amide bonds. The average Bonchev–Trinajstić information content (AvgIpc) is 2.62. The van der Waals surface area contributed by atoms with Crippen LogP contribution in [-0.2, 0) is 0 Å². The van der Waals surface area contributed by atoms with E-state index in [2.05, 4.69) is 55.5 Å². The first-order valence-electron chi connectivity index (χ1n) is 8.22. The van der Waals surface area contributed by atoms with Crippen molar-refractivity contribution < 1.29 is 9.47 Å². The van der Waals surface area contributed by atoms with Gasteiger partial charge in [-0.05, 0) is 48.4 Å². The van der Waals surface area contributed by atoms with E-state index in [9.17, 15) is 0 Å². The van der Waals surface area contributed by atoms with Crippen molar-refractivity contribution in [1.29, 1.82) is 0 Å². The van der Waals surface area contributed by atoms with Crippen molar-refractivity contribution >= 4 is 10.8 Å². The van der Waals surface area contributed by atoms with Gasteiger partial charge in [-0.2, -0.15) is 0 Å². The molecule has 0 fully saturated rings. The second kappa shape index (κ2) is 5.96. The molecule has 1 aliphatic heterocycles. The number of ether oxygens (including phenoxy) is 2. The minimum absolute atomic E-state index is 0.728. The minimum Gasteiger partial charge on any atom is -0.493 e. The van der Waals surface area contributed by atoms with Gasteiger partial charge in [-0.25, -0.2) is 0 Å². The van der Waals surface area contributed by atoms with Crippen molar-refractivity contribution in [3.05, 3.63) is 60.2 Å². The Morgan fingerprint density at radius 3 is 2.30 bits per heavy atom. The normalized spacial score (nSPS) is 14.3. The standard InChI is InChI=1S/C21H20O2/c1-15-11-12-20-21-16(15)8-6-9-18(21)17-7-2-3-10-19(17)22-13-4-5-14-23-20/h2-3,6-12H,4-5,13-14H2,1H3. The molecule has 0 atom stereocenters. The summed E-state index contributed by atoms with van der Waals surface area (Å²) in [7, 11) is 0. The lowest BCUT2D eigenvalue weighted by Crippen LogP contribution is -2.02. The molecule has 0 radical (unpaired) electrons. The Morgan fingerprint density at radius 1 is 0.696 bits per heavy atom. The molecule has 0 saturated carbocycles. The third kappa shape index (κ3) is 2.55. The van der Waals surface area contributed by atoms with Gasteiger partial charge in [0.1, 0.15) is 11.5 Å². The number of benzene rings is 3. The highest BCUT2D eigenvalue weighted by Gasteiger charge is 2.15. The third-order valence-corrected chi connectivity index (χ3v) is 4.45. The first-order valence-corrected chi connectivity index (χ1v) is 8.22. The quantitative estimate of drug-likeness (QED) is 0.556. The topological polar surface area (TPSA) is 18.5 Å². The summed E-state index contributed by atoms with van der Waals surface area (Å²) in [5, 5.41) is 2.43. The minimum atomic E-state index is 0.728. The van der Waals surface area contributed by atoms with Gasteiger partial charge < -0.3 is 9.47 Å². The molecule has 4 rings (SSSR count). The van der Waals surface area contributed by atoms with E-state index in [0.29, 0.717) is 0 Å². The number of fused-ring (bicyclic) bond motifs is 2. The SMILES string of the molecule is Cc1ccc2c3c(cccc13)-c1ccccc1OCCCCO2. The molecule has 23 heavy (non-hydrogen) atoms. The van der Waals surface area contributed by atoms with E-state index in [-0.39, 0.29) is 0 Å². The summed E-state index contributed by atoms with van der Waals surface area (Å²) in [6.45, 7) is 3.61. The Hall–Kier alpha value is -2.48. The smallest absolute Gasteiger partial charge is 0.127 e. The number of hydrogen-bond donors (Lipinski definition) is 0. The maximum absolute atomic E-state index is 6.11. The lowest BCUT2D eigenvalue weighted by Gasteiger charge is -2.15. The molecule has 3 aromatic rings. The second-order valence-corrected chi connectivity index (χ2v) is 6.01. The maximum atomic E-state index is 6.11. The van der Waals surface area contributed by atoms with Gasteiger partial charge in [0.25, 0.3) is 0 Å². The van der Waals surface area contributed by atoms with Crippen LogP contribution >= 0.6 is 0 Å². The molecule has 1 aliphatic rings. The van der Waals surface area contributed by atoms with Gasteiger partial charge in [-0.3, -0.25) is 0 Å². The average molecular weight is 304 g/mol. The molecule has 0 bridgehead atoms. The van der Waals surface area contributed by atoms with Gasteiger partial charge in [0.15, 0.2) is 0 Å². The summed E-state index contributed by atoms with van der Waals surface area (Å²) in [6, 6.07) is 19.0. The number of rotatable bonds is 0. The van der Waals surface area contributed by atoms with Gasteiger partial charge in [0.05, 0.1) is 13.2 Å². The monoisotopic (exact) mass is 304 g/mol. The molecule has 0 spiro atoms. The first-order chi connectivity index (χ1) is 11.3. The molecule has 0 aliphatic carbocycles. The highest BCUT2D eigenvalue weighted by atomic mass is 16.5. The van der Waals surface area contributed by atoms with Crippen molar-refractivity contribution in [1.82, 2.24) is 0 Å². The van der Waals surface area contributed by atoms with Crippen LogP contribution in [0.2, 0.25) is 0 Å². The van der Waals surface area contributed by atoms with Crippen LogP contribution < -0.4 is 9.47 Å². The van der Waals surface area contributed by atoms with E-state index in [0.717, 1.165) is 43.1 Å². The zero-order chi connectivity index (χ0) is 15.6. The van der Waals surface area contributed by atoms with E-state index >= 15 is 0 Å². The van der Waals surface area contributed by atoms with Crippen LogP contribution in [0.3, 0.4) is 0 Å². The van der Waals surface area contributed by atoms with Crippen LogP contribution in [0.4, 0.5) is 0 Å². The molecule has 3 aromatic carbocycles. The summed E-state index contributed by atoms with van der Waals surface area (Å²) < 4.78 is 12.1. The Balaban J connectivity index is 2.05. The second-order valence-electron chi connectivity index (χ2n) is 6.01. The van der Waals surface area contributed by atoms with Crippen LogP contribution in [0.15, 0.2) is 54.6 Å². The molecular formula is C21H20O2. The van der Waals surface area contributed by atoms with Crippen LogP contribution in [0.25, 0.3) is 21.9 Å². The van der Waals surface area contributed by atoms with Crippen molar-refractivity contribution in [3.8, 4) is 22.6 Å². The Labute approximate surface area is 136 Å². The zero-order valence-electron chi connectivity index (χ0n) is 13.3. The lowest BCUT2D eigenvalue weighted by molar-refractivity contribution is 0.269. The van der Waals surface area contributed by atoms with Crippen LogP contribution in [-0.4, -0.2) is 13.2 Å². The van der Waals surface area contributed by atoms with E-state index in [1.807, 2.05) is 6.07 Å². The summed E-state index contributed by atoms with van der Waals surface area (Å²) in [4.78, 5) is 0. The number of para-hydroxylation sites is 1. The van der Waals surface area contributed by atoms with Crippen LogP contribution in [0, 0.1) is 6.92 Å². The molecule has 1 heterocycles. The molecular weight excluding hydrogens is 284 g/mol. The van der Waals surface area contributed by atoms with Gasteiger partial charge in [-0.1, -0.05) is 42.5 Å². The third-order valence-electron chi connectivity index (χ3n) is 4.45. The summed E-state index contributed by atoms with van der Waals surface area (Å²) >= 11 is 0. The van der Waals surface area contributed by atoms with Gasteiger partial charge in [0.2, 0.25) is 0 Å². The summed E-state index contributed by atoms with van der Waals surface area (Å²) in [5.74, 6) is 1.92. The number of hydrogen-bond acceptors (Lipinski definition) is 2. The molecule has 0 aromatic heterocycles. The van der Waals surface area contributed by atoms with Crippen LogP contribution in [0.5, 0.6) is 11.5 Å². The maximum Gasteiger partial charge on any atom is 0.127 e. The fourth-order valence-corrected chi connectivity index (χ4v) is 3.25. The zero-order valence-corrected chi connectivity index (χ0v) is 13.3. The van der Waals surface area contributed by atoms with E-state index in [1.165, 1.54) is 21.9 Å². The highest BCUT2D eigenvalue weighted by molar-refractivity contribution is 6.03. The summed E-state index contributed by atoms with van der Waals surface area (Å²) in [6.07, 6.45) is 2.00. The highest BCUT2D eigenvalue weighted by Crippen LogP contribution is 2.40. The molecule has 2 nitrogen and oxygen atoms in total. The largest absolute Gasteiger partial charge is 0.493 e. The van der Waals surface area contributed by atoms with E-state index in [4.69, 9.17) is 9.47 Å². The predicted octanol–water partition coefficient (Wildman–Crippen LogP) is 5.37. The molecule has 0 unspecified atom stereocenters. The lowest BCUT2D eigenvalue weighted by atomic mass is 9.94. The fraction of sp³-hybridized carbons (Fsp3) is 0.238. The van der Waals surface area contributed by atoms with Gasteiger partial charge in [-0.15, -0.1) is 0 Å². The number of aryl methyl sites for hydroxylation is 1. The van der Waals surface area contributed by atoms with Gasteiger partial charge in [0, 0.05) is 10.9 Å².